The zero-order valence-corrected chi connectivity index (χ0v) is 19.8. The molecule has 0 radical (unpaired) electrons. The van der Waals surface area contributed by atoms with Gasteiger partial charge in [-0.15, -0.1) is 11.3 Å². The highest BCUT2D eigenvalue weighted by atomic mass is 79.9. The topological polar surface area (TPSA) is 124 Å². The van der Waals surface area contributed by atoms with E-state index in [1.165, 1.54) is 6.33 Å². The number of nitrogens with zero attached hydrogens (tertiary/aromatic N) is 7. The number of fused-ring (bicyclic) bond motifs is 1. The van der Waals surface area contributed by atoms with Crippen LogP contribution in [0.4, 0.5) is 0 Å². The zero-order valence-electron chi connectivity index (χ0n) is 17.4. The maximum absolute atomic E-state index is 13.6. The number of halogens is 1. The van der Waals surface area contributed by atoms with Crippen molar-refractivity contribution in [3.05, 3.63) is 62.5 Å². The summed E-state index contributed by atoms with van der Waals surface area (Å²) in [6.45, 7) is 0.986. The van der Waals surface area contributed by atoms with Gasteiger partial charge in [-0.25, -0.2) is 9.97 Å². The highest BCUT2D eigenvalue weighted by Crippen LogP contribution is 2.31. The molecule has 1 fully saturated rings. The summed E-state index contributed by atoms with van der Waals surface area (Å²) in [7, 11) is 1.86. The molecule has 4 aromatic heterocycles. The number of hydrogen-bond donors (Lipinski definition) is 1. The van der Waals surface area contributed by atoms with Gasteiger partial charge < -0.3 is 14.4 Å². The minimum Gasteiger partial charge on any atom is -0.335 e. The lowest BCUT2D eigenvalue weighted by Crippen LogP contribution is -2.52. The molecule has 5 heterocycles. The lowest BCUT2D eigenvalue weighted by atomic mass is 10.0. The fraction of sp³-hybridized carbons (Fsp3) is 0.238. The Hall–Kier alpha value is -3.56. The van der Waals surface area contributed by atoms with Crippen LogP contribution in [0.2, 0.25) is 0 Å². The predicted molar refractivity (Wildman–Crippen MR) is 124 cm³/mol. The van der Waals surface area contributed by atoms with Crippen molar-refractivity contribution in [2.24, 2.45) is 7.05 Å². The Morgan fingerprint density at radius 1 is 1.30 bits per heavy atom. The highest BCUT2D eigenvalue weighted by Gasteiger charge is 2.36. The van der Waals surface area contributed by atoms with E-state index in [0.29, 0.717) is 50.6 Å². The molecule has 10 nitrogen and oxygen atoms in total. The second kappa shape index (κ2) is 8.42. The van der Waals surface area contributed by atoms with Gasteiger partial charge in [0.05, 0.1) is 22.5 Å². The largest absolute Gasteiger partial charge is 0.335 e. The molecule has 1 unspecified atom stereocenters. The van der Waals surface area contributed by atoms with Crippen LogP contribution in [0.1, 0.15) is 36.6 Å². The number of piperazine rings is 1. The number of nitriles is 1. The van der Waals surface area contributed by atoms with Gasteiger partial charge in [-0.2, -0.15) is 10.4 Å². The van der Waals surface area contributed by atoms with Crippen molar-refractivity contribution in [2.45, 2.75) is 6.04 Å². The van der Waals surface area contributed by atoms with E-state index >= 15 is 0 Å². The van der Waals surface area contributed by atoms with Gasteiger partial charge in [0, 0.05) is 49.1 Å². The molecule has 0 aromatic carbocycles. The van der Waals surface area contributed by atoms with E-state index in [0.717, 1.165) is 16.9 Å². The fourth-order valence-electron chi connectivity index (χ4n) is 4.03. The van der Waals surface area contributed by atoms with Gasteiger partial charge in [-0.05, 0) is 28.1 Å². The van der Waals surface area contributed by atoms with E-state index in [-0.39, 0.29) is 11.8 Å². The van der Waals surface area contributed by atoms with E-state index < -0.39 is 6.04 Å². The Balaban J connectivity index is 1.46. The predicted octanol–water partition coefficient (Wildman–Crippen LogP) is 2.73. The van der Waals surface area contributed by atoms with Crippen LogP contribution in [0, 0.1) is 11.3 Å². The Labute approximate surface area is 200 Å². The standard InChI is InChI=1S/C21H17BrN8O2S/c1-28-3-2-13-18(24-11-25-19(13)28)21(32)30-5-4-29(10-15(30)12-8-26-27-9-12)20(31)16-6-14(22)17(7-23)33-16/h2-3,6,8-9,11,15H,4-5,10H2,1H3,(H,26,27). The van der Waals surface area contributed by atoms with Gasteiger partial charge in [-0.3, -0.25) is 14.7 Å². The Morgan fingerprint density at radius 2 is 2.15 bits per heavy atom. The molecule has 1 N–H and O–H groups in total. The van der Waals surface area contributed by atoms with Crippen molar-refractivity contribution in [3.63, 3.8) is 0 Å². The molecule has 12 heteroatoms. The number of thiophene rings is 1. The molecule has 33 heavy (non-hydrogen) atoms. The first-order valence-corrected chi connectivity index (χ1v) is 11.6. The van der Waals surface area contributed by atoms with E-state index in [2.05, 4.69) is 42.2 Å². The molecule has 1 atom stereocenters. The number of amides is 2. The molecule has 166 valence electrons. The van der Waals surface area contributed by atoms with E-state index in [1.807, 2.05) is 23.9 Å². The minimum atomic E-state index is -0.401. The summed E-state index contributed by atoms with van der Waals surface area (Å²) in [5.41, 5.74) is 1.80. The summed E-state index contributed by atoms with van der Waals surface area (Å²) in [5.74, 6) is -0.396. The van der Waals surface area contributed by atoms with Crippen molar-refractivity contribution >= 4 is 50.1 Å². The Morgan fingerprint density at radius 3 is 2.88 bits per heavy atom. The van der Waals surface area contributed by atoms with Crippen LogP contribution in [-0.2, 0) is 7.05 Å². The van der Waals surface area contributed by atoms with Gasteiger partial charge in [0.25, 0.3) is 11.8 Å². The van der Waals surface area contributed by atoms with Crippen LogP contribution in [0.5, 0.6) is 0 Å². The van der Waals surface area contributed by atoms with Crippen LogP contribution < -0.4 is 0 Å². The van der Waals surface area contributed by atoms with Crippen molar-refractivity contribution in [2.75, 3.05) is 19.6 Å². The number of carbonyl (C=O) groups is 2. The molecular formula is C21H17BrN8O2S. The van der Waals surface area contributed by atoms with Crippen LogP contribution in [0.3, 0.4) is 0 Å². The summed E-state index contributed by atoms with van der Waals surface area (Å²) in [6.07, 6.45) is 6.62. The van der Waals surface area contributed by atoms with Gasteiger partial charge in [0.1, 0.15) is 28.6 Å². The quantitative estimate of drug-likeness (QED) is 0.439. The monoisotopic (exact) mass is 524 g/mol. The lowest BCUT2D eigenvalue weighted by molar-refractivity contribution is 0.0383. The van der Waals surface area contributed by atoms with Gasteiger partial charge in [0.2, 0.25) is 0 Å². The van der Waals surface area contributed by atoms with Gasteiger partial charge in [-0.1, -0.05) is 0 Å². The molecule has 0 spiro atoms. The van der Waals surface area contributed by atoms with E-state index in [4.69, 9.17) is 0 Å². The molecule has 5 rings (SSSR count). The summed E-state index contributed by atoms with van der Waals surface area (Å²) in [4.78, 5) is 39.7. The number of aromatic amines is 1. The molecular weight excluding hydrogens is 508 g/mol. The second-order valence-corrected chi connectivity index (χ2v) is 9.49. The average Bonchev–Trinajstić information content (AvgIpc) is 3.58. The summed E-state index contributed by atoms with van der Waals surface area (Å²) >= 11 is 4.48. The molecule has 1 aliphatic rings. The first-order valence-electron chi connectivity index (χ1n) is 10.0. The maximum atomic E-state index is 13.6. The van der Waals surface area contributed by atoms with Crippen LogP contribution in [-0.4, -0.2) is 66.0 Å². The number of hydrogen-bond acceptors (Lipinski definition) is 7. The van der Waals surface area contributed by atoms with Crippen LogP contribution in [0.25, 0.3) is 11.0 Å². The number of aromatic nitrogens is 5. The lowest BCUT2D eigenvalue weighted by Gasteiger charge is -2.41. The summed E-state index contributed by atoms with van der Waals surface area (Å²) in [6, 6.07) is 5.18. The third kappa shape index (κ3) is 3.69. The minimum absolute atomic E-state index is 0.171. The first kappa shape index (κ1) is 21.3. The van der Waals surface area contributed by atoms with E-state index in [1.54, 1.807) is 28.3 Å². The van der Waals surface area contributed by atoms with Gasteiger partial charge >= 0.3 is 0 Å². The number of rotatable bonds is 3. The third-order valence-electron chi connectivity index (χ3n) is 5.70. The maximum Gasteiger partial charge on any atom is 0.273 e. The Kier molecular flexibility index (Phi) is 5.43. The second-order valence-electron chi connectivity index (χ2n) is 7.58. The van der Waals surface area contributed by atoms with Crippen molar-refractivity contribution < 1.29 is 9.59 Å². The molecule has 0 bridgehead atoms. The molecule has 1 aliphatic heterocycles. The first-order chi connectivity index (χ1) is 16.0. The Bertz CT molecular complexity index is 1400. The summed E-state index contributed by atoms with van der Waals surface area (Å²) < 4.78 is 2.45. The molecule has 1 saturated heterocycles. The third-order valence-corrected chi connectivity index (χ3v) is 7.61. The number of nitrogens with one attached hydrogen (secondary N) is 1. The van der Waals surface area contributed by atoms with Gasteiger partial charge in [0.15, 0.2) is 0 Å². The van der Waals surface area contributed by atoms with Crippen molar-refractivity contribution in [1.29, 1.82) is 5.26 Å². The van der Waals surface area contributed by atoms with Crippen LogP contribution >= 0.6 is 27.3 Å². The molecule has 0 saturated carbocycles. The molecule has 0 aliphatic carbocycles. The van der Waals surface area contributed by atoms with Crippen LogP contribution in [0.15, 0.2) is 41.5 Å². The number of carbonyl (C=O) groups excluding carboxylic acids is 2. The van der Waals surface area contributed by atoms with Crippen molar-refractivity contribution in [3.8, 4) is 6.07 Å². The smallest absolute Gasteiger partial charge is 0.273 e. The number of aryl methyl sites for hydroxylation is 1. The zero-order chi connectivity index (χ0) is 23.1. The number of H-pyrrole nitrogens is 1. The average molecular weight is 525 g/mol. The fourth-order valence-corrected chi connectivity index (χ4v) is 5.56. The molecule has 4 aromatic rings. The molecule has 2 amide bonds. The summed E-state index contributed by atoms with van der Waals surface area (Å²) in [5, 5.41) is 16.7. The highest BCUT2D eigenvalue weighted by molar-refractivity contribution is 9.10. The van der Waals surface area contributed by atoms with Crippen molar-refractivity contribution in [1.82, 2.24) is 34.5 Å². The SMILES string of the molecule is Cn1ccc2c(C(=O)N3CCN(C(=O)c4cc(Br)c(C#N)s4)CC3c3cn[nH]c3)ncnc21. The normalized spacial score (nSPS) is 16.2. The van der Waals surface area contributed by atoms with E-state index in [9.17, 15) is 14.9 Å².